The molecule has 2 aliphatic carbocycles. The fourth-order valence-corrected chi connectivity index (χ4v) is 3.29. The zero-order valence-corrected chi connectivity index (χ0v) is 9.11. The highest BCUT2D eigenvalue weighted by Crippen LogP contribution is 2.44. The predicted molar refractivity (Wildman–Crippen MR) is 56.2 cm³/mol. The van der Waals surface area contributed by atoms with Crippen LogP contribution in [0.2, 0.25) is 0 Å². The molecule has 4 unspecified atom stereocenters. The summed E-state index contributed by atoms with van der Waals surface area (Å²) in [5.74, 6) is 2.76. The maximum Gasteiger partial charge on any atom is 0.0357 e. The van der Waals surface area contributed by atoms with Gasteiger partial charge in [-0.15, -0.1) is 0 Å². The van der Waals surface area contributed by atoms with E-state index in [2.05, 4.69) is 5.32 Å². The minimum absolute atomic E-state index is 0.630. The van der Waals surface area contributed by atoms with Crippen LogP contribution in [0.3, 0.4) is 0 Å². The van der Waals surface area contributed by atoms with Gasteiger partial charge in [0.25, 0.3) is 0 Å². The fraction of sp³-hybridized carbons (Fsp3) is 1.00. The van der Waals surface area contributed by atoms with Crippen LogP contribution in [-0.2, 0) is 10.8 Å². The van der Waals surface area contributed by atoms with Gasteiger partial charge in [0, 0.05) is 35.4 Å². The number of fused-ring (bicyclic) bond motifs is 2. The van der Waals surface area contributed by atoms with Gasteiger partial charge >= 0.3 is 0 Å². The van der Waals surface area contributed by atoms with Gasteiger partial charge in [-0.05, 0) is 31.1 Å². The third kappa shape index (κ3) is 2.32. The molecule has 0 saturated heterocycles. The normalized spacial score (nSPS) is 39.6. The number of hydrogen-bond acceptors (Lipinski definition) is 2. The molecule has 4 atom stereocenters. The molecule has 2 saturated carbocycles. The Hall–Kier alpha value is 0.110. The van der Waals surface area contributed by atoms with Gasteiger partial charge in [-0.2, -0.15) is 0 Å². The fourth-order valence-electron chi connectivity index (χ4n) is 2.88. The minimum Gasteiger partial charge on any atom is -0.313 e. The quantitative estimate of drug-likeness (QED) is 0.739. The van der Waals surface area contributed by atoms with Crippen LogP contribution in [0.5, 0.6) is 0 Å². The van der Waals surface area contributed by atoms with Crippen molar-refractivity contribution in [2.45, 2.75) is 31.7 Å². The van der Waals surface area contributed by atoms with Gasteiger partial charge in [-0.3, -0.25) is 4.21 Å². The molecule has 0 spiro atoms. The summed E-state index contributed by atoms with van der Waals surface area (Å²) in [4.78, 5) is 0. The van der Waals surface area contributed by atoms with Crippen molar-refractivity contribution in [2.75, 3.05) is 18.6 Å². The average molecular weight is 201 g/mol. The first-order valence-electron chi connectivity index (χ1n) is 5.29. The SMILES string of the molecule is CS(=O)CCNC1CC2CCC1C2. The molecule has 0 aromatic carbocycles. The van der Waals surface area contributed by atoms with Gasteiger partial charge in [-0.1, -0.05) is 6.42 Å². The summed E-state index contributed by atoms with van der Waals surface area (Å²) in [5, 5.41) is 3.55. The van der Waals surface area contributed by atoms with Gasteiger partial charge in [-0.25, -0.2) is 0 Å². The topological polar surface area (TPSA) is 29.1 Å². The van der Waals surface area contributed by atoms with Crippen molar-refractivity contribution in [2.24, 2.45) is 11.8 Å². The molecule has 2 fully saturated rings. The van der Waals surface area contributed by atoms with Crippen molar-refractivity contribution in [3.63, 3.8) is 0 Å². The van der Waals surface area contributed by atoms with Crippen molar-refractivity contribution < 1.29 is 4.21 Å². The Morgan fingerprint density at radius 2 is 2.23 bits per heavy atom. The van der Waals surface area contributed by atoms with Crippen LogP contribution in [0.25, 0.3) is 0 Å². The molecule has 2 aliphatic rings. The molecule has 1 N–H and O–H groups in total. The van der Waals surface area contributed by atoms with E-state index in [0.29, 0.717) is 0 Å². The molecule has 0 aliphatic heterocycles. The van der Waals surface area contributed by atoms with Gasteiger partial charge in [0.1, 0.15) is 0 Å². The highest BCUT2D eigenvalue weighted by atomic mass is 32.2. The lowest BCUT2D eigenvalue weighted by atomic mass is 9.95. The summed E-state index contributed by atoms with van der Waals surface area (Å²) in [6, 6.07) is 0.752. The molecule has 3 heteroatoms. The highest BCUT2D eigenvalue weighted by Gasteiger charge is 2.38. The zero-order valence-electron chi connectivity index (χ0n) is 8.29. The predicted octanol–water partition coefficient (Wildman–Crippen LogP) is 1.14. The summed E-state index contributed by atoms with van der Waals surface area (Å²) in [7, 11) is -0.630. The minimum atomic E-state index is -0.630. The van der Waals surface area contributed by atoms with E-state index in [9.17, 15) is 4.21 Å². The molecule has 2 bridgehead atoms. The van der Waals surface area contributed by atoms with Gasteiger partial charge < -0.3 is 5.32 Å². The second kappa shape index (κ2) is 4.09. The van der Waals surface area contributed by atoms with E-state index in [4.69, 9.17) is 0 Å². The van der Waals surface area contributed by atoms with Crippen LogP contribution >= 0.6 is 0 Å². The molecule has 2 rings (SSSR count). The lowest BCUT2D eigenvalue weighted by Gasteiger charge is -2.22. The van der Waals surface area contributed by atoms with E-state index < -0.39 is 10.8 Å². The Morgan fingerprint density at radius 3 is 2.77 bits per heavy atom. The number of rotatable bonds is 4. The van der Waals surface area contributed by atoms with Crippen molar-refractivity contribution >= 4 is 10.8 Å². The largest absolute Gasteiger partial charge is 0.313 e. The second-order valence-electron chi connectivity index (χ2n) is 4.51. The van der Waals surface area contributed by atoms with E-state index in [-0.39, 0.29) is 0 Å². The summed E-state index contributed by atoms with van der Waals surface area (Å²) in [6.45, 7) is 0.941. The second-order valence-corrected chi connectivity index (χ2v) is 6.07. The monoisotopic (exact) mass is 201 g/mol. The van der Waals surface area contributed by atoms with Gasteiger partial charge in [0.05, 0.1) is 0 Å². The smallest absolute Gasteiger partial charge is 0.0357 e. The molecule has 0 radical (unpaired) electrons. The van der Waals surface area contributed by atoms with Crippen LogP contribution in [0.4, 0.5) is 0 Å². The first-order valence-corrected chi connectivity index (χ1v) is 7.02. The van der Waals surface area contributed by atoms with Crippen LogP contribution in [0.15, 0.2) is 0 Å². The standard InChI is InChI=1S/C10H19NOS/c1-13(12)5-4-11-10-7-8-2-3-9(10)6-8/h8-11H,2-7H2,1H3. The molecule has 13 heavy (non-hydrogen) atoms. The van der Waals surface area contributed by atoms with Crippen molar-refractivity contribution in [1.82, 2.24) is 5.32 Å². The molecule has 0 aromatic rings. The molecule has 0 amide bonds. The lowest BCUT2D eigenvalue weighted by molar-refractivity contribution is 0.359. The molecule has 0 aromatic heterocycles. The first kappa shape index (κ1) is 9.66. The third-order valence-corrected chi connectivity index (χ3v) is 4.31. The van der Waals surface area contributed by atoms with E-state index in [1.807, 2.05) is 0 Å². The van der Waals surface area contributed by atoms with Crippen molar-refractivity contribution in [1.29, 1.82) is 0 Å². The Morgan fingerprint density at radius 1 is 1.38 bits per heavy atom. The van der Waals surface area contributed by atoms with Crippen molar-refractivity contribution in [3.8, 4) is 0 Å². The van der Waals surface area contributed by atoms with E-state index in [1.165, 1.54) is 25.7 Å². The maximum absolute atomic E-state index is 10.8. The number of nitrogens with one attached hydrogen (secondary N) is 1. The lowest BCUT2D eigenvalue weighted by Crippen LogP contribution is -2.36. The van der Waals surface area contributed by atoms with Crippen LogP contribution in [0.1, 0.15) is 25.7 Å². The molecule has 76 valence electrons. The van der Waals surface area contributed by atoms with Gasteiger partial charge in [0.2, 0.25) is 0 Å². The van der Waals surface area contributed by atoms with Crippen LogP contribution < -0.4 is 5.32 Å². The first-order chi connectivity index (χ1) is 6.25. The highest BCUT2D eigenvalue weighted by molar-refractivity contribution is 7.84. The Balaban J connectivity index is 1.68. The van der Waals surface area contributed by atoms with Crippen LogP contribution in [-0.4, -0.2) is 28.8 Å². The summed E-state index contributed by atoms with van der Waals surface area (Å²) in [6.07, 6.45) is 7.50. The Bertz CT molecular complexity index is 207. The van der Waals surface area contributed by atoms with Crippen molar-refractivity contribution in [3.05, 3.63) is 0 Å². The maximum atomic E-state index is 10.8. The third-order valence-electron chi connectivity index (χ3n) is 3.53. The van der Waals surface area contributed by atoms with E-state index >= 15 is 0 Å². The Kier molecular flexibility index (Phi) is 3.04. The van der Waals surface area contributed by atoms with Gasteiger partial charge in [0.15, 0.2) is 0 Å². The van der Waals surface area contributed by atoms with E-state index in [1.54, 1.807) is 6.26 Å². The summed E-state index contributed by atoms with van der Waals surface area (Å²) >= 11 is 0. The van der Waals surface area contributed by atoms with Crippen LogP contribution in [0, 0.1) is 11.8 Å². The zero-order chi connectivity index (χ0) is 9.26. The molecular formula is C10H19NOS. The summed E-state index contributed by atoms with van der Waals surface area (Å²) < 4.78 is 10.8. The molecular weight excluding hydrogens is 182 g/mol. The average Bonchev–Trinajstić information content (AvgIpc) is 2.64. The summed E-state index contributed by atoms with van der Waals surface area (Å²) in [5.41, 5.74) is 0. The number of hydrogen-bond donors (Lipinski definition) is 1. The molecule has 2 nitrogen and oxygen atoms in total. The Labute approximate surface area is 82.9 Å². The van der Waals surface area contributed by atoms with E-state index in [0.717, 1.165) is 30.2 Å². The molecule has 0 heterocycles.